The lowest BCUT2D eigenvalue weighted by molar-refractivity contribution is -0.385. The fraction of sp³-hybridized carbons (Fsp3) is 0.417. The number of nitro groups is 1. The van der Waals surface area contributed by atoms with E-state index in [2.05, 4.69) is 0 Å². The normalized spacial score (nSPS) is 22.6. The van der Waals surface area contributed by atoms with Crippen LogP contribution in [-0.4, -0.2) is 39.5 Å². The van der Waals surface area contributed by atoms with Crippen LogP contribution in [-0.2, 0) is 0 Å². The van der Waals surface area contributed by atoms with Crippen molar-refractivity contribution < 1.29 is 19.2 Å². The molecular formula is C12H13FN2O4. The third kappa shape index (κ3) is 2.70. The zero-order valence-electron chi connectivity index (χ0n) is 10.3. The van der Waals surface area contributed by atoms with Crippen LogP contribution in [0.15, 0.2) is 18.2 Å². The number of benzene rings is 1. The van der Waals surface area contributed by atoms with Gasteiger partial charge in [0.25, 0.3) is 11.6 Å². The summed E-state index contributed by atoms with van der Waals surface area (Å²) in [5, 5.41) is 20.6. The number of nitro benzene ring substituents is 1. The van der Waals surface area contributed by atoms with Crippen LogP contribution in [0.5, 0.6) is 0 Å². The van der Waals surface area contributed by atoms with Gasteiger partial charge in [-0.05, 0) is 25.5 Å². The quantitative estimate of drug-likeness (QED) is 0.648. The lowest BCUT2D eigenvalue weighted by atomic mass is 10.1. The lowest BCUT2D eigenvalue weighted by Gasteiger charge is -2.18. The largest absolute Gasteiger partial charge is 0.388 e. The average molecular weight is 268 g/mol. The van der Waals surface area contributed by atoms with Gasteiger partial charge in [0.2, 0.25) is 0 Å². The third-order valence-corrected chi connectivity index (χ3v) is 3.13. The number of carbonyl (C=O) groups excluding carboxylic acids is 1. The summed E-state index contributed by atoms with van der Waals surface area (Å²) in [6.07, 6.45) is 0.410. The van der Waals surface area contributed by atoms with Gasteiger partial charge in [0, 0.05) is 13.1 Å². The highest BCUT2D eigenvalue weighted by atomic mass is 19.1. The molecule has 0 aromatic heterocycles. The maximum absolute atomic E-state index is 13.0. The number of carbonyl (C=O) groups is 1. The Labute approximate surface area is 108 Å². The van der Waals surface area contributed by atoms with Gasteiger partial charge in [-0.2, -0.15) is 0 Å². The molecule has 1 aromatic carbocycles. The highest BCUT2D eigenvalue weighted by Crippen LogP contribution is 2.26. The summed E-state index contributed by atoms with van der Waals surface area (Å²) in [6.45, 7) is 2.03. The molecule has 0 radical (unpaired) electrons. The summed E-state index contributed by atoms with van der Waals surface area (Å²) in [7, 11) is 0. The molecule has 1 N–H and O–H groups in total. The molecule has 19 heavy (non-hydrogen) atoms. The van der Waals surface area contributed by atoms with E-state index in [4.69, 9.17) is 0 Å². The summed E-state index contributed by atoms with van der Waals surface area (Å²) in [5.41, 5.74) is -1.70. The molecule has 1 atom stereocenters. The van der Waals surface area contributed by atoms with Crippen molar-refractivity contribution in [2.24, 2.45) is 0 Å². The van der Waals surface area contributed by atoms with E-state index in [9.17, 15) is 24.4 Å². The zero-order valence-corrected chi connectivity index (χ0v) is 10.3. The molecule has 7 heteroatoms. The number of hydrogen-bond acceptors (Lipinski definition) is 4. The Balaban J connectivity index is 2.32. The monoisotopic (exact) mass is 268 g/mol. The van der Waals surface area contributed by atoms with Gasteiger partial charge in [0.05, 0.1) is 16.6 Å². The molecule has 0 spiro atoms. The minimum Gasteiger partial charge on any atom is -0.388 e. The van der Waals surface area contributed by atoms with Crippen molar-refractivity contribution in [2.45, 2.75) is 18.9 Å². The fourth-order valence-electron chi connectivity index (χ4n) is 2.13. The van der Waals surface area contributed by atoms with Crippen molar-refractivity contribution in [3.63, 3.8) is 0 Å². The molecule has 1 fully saturated rings. The summed E-state index contributed by atoms with van der Waals surface area (Å²) >= 11 is 0. The second kappa shape index (κ2) is 4.58. The third-order valence-electron chi connectivity index (χ3n) is 3.13. The van der Waals surface area contributed by atoms with Crippen molar-refractivity contribution in [2.75, 3.05) is 13.1 Å². The van der Waals surface area contributed by atoms with Gasteiger partial charge in [-0.3, -0.25) is 14.9 Å². The van der Waals surface area contributed by atoms with Crippen LogP contribution in [0.4, 0.5) is 10.1 Å². The van der Waals surface area contributed by atoms with E-state index in [1.807, 2.05) is 0 Å². The van der Waals surface area contributed by atoms with Crippen molar-refractivity contribution in [1.82, 2.24) is 4.90 Å². The van der Waals surface area contributed by atoms with Gasteiger partial charge in [0.15, 0.2) is 0 Å². The molecule has 1 aliphatic rings. The average Bonchev–Trinajstić information content (AvgIpc) is 2.68. The van der Waals surface area contributed by atoms with E-state index in [0.717, 1.165) is 18.2 Å². The van der Waals surface area contributed by atoms with Gasteiger partial charge in [0.1, 0.15) is 11.4 Å². The van der Waals surface area contributed by atoms with Crippen LogP contribution in [0.2, 0.25) is 0 Å². The van der Waals surface area contributed by atoms with Crippen LogP contribution >= 0.6 is 0 Å². The van der Waals surface area contributed by atoms with Crippen molar-refractivity contribution in [1.29, 1.82) is 0 Å². The Bertz CT molecular complexity index is 545. The molecule has 6 nitrogen and oxygen atoms in total. The lowest BCUT2D eigenvalue weighted by Crippen LogP contribution is -2.34. The highest BCUT2D eigenvalue weighted by Gasteiger charge is 2.36. The molecule has 1 saturated heterocycles. The number of nitrogens with zero attached hydrogens (tertiary/aromatic N) is 2. The fourth-order valence-corrected chi connectivity index (χ4v) is 2.13. The summed E-state index contributed by atoms with van der Waals surface area (Å²) in [4.78, 5) is 23.5. The highest BCUT2D eigenvalue weighted by molar-refractivity contribution is 5.98. The Hall–Kier alpha value is -2.02. The molecule has 0 bridgehead atoms. The van der Waals surface area contributed by atoms with Crippen LogP contribution in [0, 0.1) is 15.9 Å². The second-order valence-electron chi connectivity index (χ2n) is 4.89. The van der Waals surface area contributed by atoms with E-state index in [-0.39, 0.29) is 12.1 Å². The molecular weight excluding hydrogens is 255 g/mol. The minimum absolute atomic E-state index is 0.111. The Morgan fingerprint density at radius 1 is 1.58 bits per heavy atom. The first-order valence-electron chi connectivity index (χ1n) is 5.76. The van der Waals surface area contributed by atoms with E-state index < -0.39 is 27.9 Å². The van der Waals surface area contributed by atoms with Gasteiger partial charge >= 0.3 is 0 Å². The smallest absolute Gasteiger partial charge is 0.285 e. The second-order valence-corrected chi connectivity index (χ2v) is 4.89. The Morgan fingerprint density at radius 3 is 2.79 bits per heavy atom. The van der Waals surface area contributed by atoms with E-state index in [1.165, 1.54) is 4.90 Å². The first kappa shape index (κ1) is 13.4. The molecule has 102 valence electrons. The van der Waals surface area contributed by atoms with Crippen molar-refractivity contribution >= 4 is 11.6 Å². The summed E-state index contributed by atoms with van der Waals surface area (Å²) in [6, 6.07) is 2.83. The number of aliphatic hydroxyl groups is 1. The number of hydrogen-bond donors (Lipinski definition) is 1. The standard InChI is InChI=1S/C12H13FN2O4/c1-12(17)4-5-14(7-12)11(16)9-3-2-8(13)6-10(9)15(18)19/h2-3,6,17H,4-5,7H2,1H3. The first-order chi connectivity index (χ1) is 8.80. The minimum atomic E-state index is -0.982. The summed E-state index contributed by atoms with van der Waals surface area (Å²) < 4.78 is 13.0. The van der Waals surface area contributed by atoms with Crippen LogP contribution in [0.1, 0.15) is 23.7 Å². The number of rotatable bonds is 2. The number of likely N-dealkylation sites (tertiary alicyclic amines) is 1. The molecule has 0 saturated carbocycles. The molecule has 0 aliphatic carbocycles. The first-order valence-corrected chi connectivity index (χ1v) is 5.76. The SMILES string of the molecule is CC1(O)CCN(C(=O)c2ccc(F)cc2[N+](=O)[O-])C1. The maximum Gasteiger partial charge on any atom is 0.285 e. The van der Waals surface area contributed by atoms with E-state index >= 15 is 0 Å². The van der Waals surface area contributed by atoms with Gasteiger partial charge in [-0.25, -0.2) is 4.39 Å². The molecule has 1 aliphatic heterocycles. The number of halogens is 1. The maximum atomic E-state index is 13.0. The molecule has 1 aromatic rings. The molecule has 1 amide bonds. The van der Waals surface area contributed by atoms with Gasteiger partial charge in [-0.15, -0.1) is 0 Å². The number of β-amino-alcohol motifs (C(OH)–C–C–N with tert-alkyl or cyclic N) is 1. The Kier molecular flexibility index (Phi) is 3.23. The predicted molar refractivity (Wildman–Crippen MR) is 64.2 cm³/mol. The Morgan fingerprint density at radius 2 is 2.26 bits per heavy atom. The van der Waals surface area contributed by atoms with E-state index in [1.54, 1.807) is 6.92 Å². The predicted octanol–water partition coefficient (Wildman–Crippen LogP) is 1.33. The van der Waals surface area contributed by atoms with Gasteiger partial charge < -0.3 is 10.0 Å². The van der Waals surface area contributed by atoms with Crippen LogP contribution < -0.4 is 0 Å². The van der Waals surface area contributed by atoms with Gasteiger partial charge in [-0.1, -0.05) is 0 Å². The van der Waals surface area contributed by atoms with Crippen LogP contribution in [0.25, 0.3) is 0 Å². The number of amides is 1. The van der Waals surface area contributed by atoms with E-state index in [0.29, 0.717) is 13.0 Å². The van der Waals surface area contributed by atoms with Crippen LogP contribution in [0.3, 0.4) is 0 Å². The molecule has 1 heterocycles. The summed E-state index contributed by atoms with van der Waals surface area (Å²) in [5.74, 6) is -1.33. The topological polar surface area (TPSA) is 83.7 Å². The molecule has 1 unspecified atom stereocenters. The zero-order chi connectivity index (χ0) is 14.2. The van der Waals surface area contributed by atoms with Crippen molar-refractivity contribution in [3.05, 3.63) is 39.7 Å². The molecule has 2 rings (SSSR count). The van der Waals surface area contributed by atoms with Crippen molar-refractivity contribution in [3.8, 4) is 0 Å².